The number of aliphatic hydroxyl groups is 1. The molecule has 0 unspecified atom stereocenters. The Hall–Kier alpha value is -5.84. The molecule has 16 N–H and O–H groups in total. The number of imidazole rings is 1. The van der Waals surface area contributed by atoms with E-state index in [4.69, 9.17) is 17.2 Å². The number of carboxylic acids is 1. The molecule has 0 saturated heterocycles. The normalized spacial score (nSPS) is 14.1. The number of nitrogens with two attached hydrogens (primary N) is 3. The van der Waals surface area contributed by atoms with Crippen LogP contribution in [0, 0.1) is 11.8 Å². The van der Waals surface area contributed by atoms with Gasteiger partial charge in [0, 0.05) is 37.8 Å². The maximum atomic E-state index is 13.6. The van der Waals surface area contributed by atoms with Gasteiger partial charge in [0.2, 0.25) is 41.4 Å². The van der Waals surface area contributed by atoms with E-state index in [1.165, 1.54) is 19.4 Å². The lowest BCUT2D eigenvalue weighted by Crippen LogP contribution is -2.58. The van der Waals surface area contributed by atoms with E-state index in [1.807, 2.05) is 0 Å². The van der Waals surface area contributed by atoms with Gasteiger partial charge in [0.1, 0.15) is 36.3 Å². The predicted molar refractivity (Wildman–Crippen MR) is 210 cm³/mol. The molecule has 1 rings (SSSR count). The minimum atomic E-state index is -1.39. The zero-order valence-corrected chi connectivity index (χ0v) is 33.6. The Morgan fingerprint density at radius 2 is 1.29 bits per heavy atom. The Morgan fingerprint density at radius 3 is 1.83 bits per heavy atom. The molecule has 0 aliphatic carbocycles. The summed E-state index contributed by atoms with van der Waals surface area (Å²) in [6.07, 6.45) is 3.12. The topological polar surface area (TPSA) is 380 Å². The molecular formula is C35H61N13O10. The van der Waals surface area contributed by atoms with Crippen molar-refractivity contribution in [3.8, 4) is 0 Å². The van der Waals surface area contributed by atoms with E-state index in [-0.39, 0.29) is 69.4 Å². The average Bonchev–Trinajstić information content (AvgIpc) is 3.65. The number of hydrogen-bond donors (Lipinski definition) is 13. The highest BCUT2D eigenvalue weighted by Gasteiger charge is 2.32. The van der Waals surface area contributed by atoms with Gasteiger partial charge in [-0.05, 0) is 44.4 Å². The molecule has 58 heavy (non-hydrogen) atoms. The number of guanidine groups is 1. The van der Waals surface area contributed by atoms with Crippen molar-refractivity contribution in [1.82, 2.24) is 47.2 Å². The van der Waals surface area contributed by atoms with Crippen molar-refractivity contribution in [3.05, 3.63) is 18.2 Å². The number of aromatic amines is 1. The van der Waals surface area contributed by atoms with Crippen LogP contribution in [-0.2, 0) is 44.8 Å². The van der Waals surface area contributed by atoms with Crippen molar-refractivity contribution >= 4 is 53.3 Å². The molecule has 7 amide bonds. The fraction of sp³-hybridized carbons (Fsp3) is 0.657. The summed E-state index contributed by atoms with van der Waals surface area (Å²) >= 11 is 0. The van der Waals surface area contributed by atoms with Crippen LogP contribution in [0.2, 0.25) is 0 Å². The van der Waals surface area contributed by atoms with Crippen LogP contribution in [0.25, 0.3) is 0 Å². The number of carbonyl (C=O) groups excluding carboxylic acids is 7. The van der Waals surface area contributed by atoms with Crippen LogP contribution in [0.15, 0.2) is 17.5 Å². The highest BCUT2D eigenvalue weighted by atomic mass is 16.4. The van der Waals surface area contributed by atoms with Crippen LogP contribution in [0.5, 0.6) is 0 Å². The summed E-state index contributed by atoms with van der Waals surface area (Å²) in [7, 11) is 0. The summed E-state index contributed by atoms with van der Waals surface area (Å²) in [5.74, 6) is -6.94. The molecule has 326 valence electrons. The molecule has 0 fully saturated rings. The number of H-pyrrole nitrogens is 1. The van der Waals surface area contributed by atoms with Crippen molar-refractivity contribution in [3.63, 3.8) is 0 Å². The summed E-state index contributed by atoms with van der Waals surface area (Å²) in [5, 5.41) is 36.6. The molecule has 0 aliphatic rings. The smallest absolute Gasteiger partial charge is 0.326 e. The second kappa shape index (κ2) is 26.1. The minimum absolute atomic E-state index is 0.00819. The van der Waals surface area contributed by atoms with Gasteiger partial charge >= 0.3 is 5.97 Å². The number of aliphatic carboxylic acids is 1. The number of aromatic nitrogens is 2. The van der Waals surface area contributed by atoms with Gasteiger partial charge in [0.05, 0.1) is 19.5 Å². The van der Waals surface area contributed by atoms with Crippen LogP contribution in [0.4, 0.5) is 0 Å². The number of aliphatic imine (C=N–C) groups is 1. The van der Waals surface area contributed by atoms with Crippen LogP contribution in [0.1, 0.15) is 72.4 Å². The monoisotopic (exact) mass is 823 g/mol. The summed E-state index contributed by atoms with van der Waals surface area (Å²) in [6, 6.07) is -7.49. The molecule has 0 aromatic carbocycles. The fourth-order valence-corrected chi connectivity index (χ4v) is 5.34. The fourth-order valence-electron chi connectivity index (χ4n) is 5.34. The largest absolute Gasteiger partial charge is 0.480 e. The van der Waals surface area contributed by atoms with Crippen molar-refractivity contribution in [2.45, 2.75) is 109 Å². The number of rotatable bonds is 27. The molecule has 1 heterocycles. The van der Waals surface area contributed by atoms with E-state index in [0.717, 1.165) is 0 Å². The lowest BCUT2D eigenvalue weighted by Gasteiger charge is -2.26. The third-order valence-corrected chi connectivity index (χ3v) is 8.25. The van der Waals surface area contributed by atoms with E-state index < -0.39 is 96.7 Å². The molecule has 23 nitrogen and oxygen atoms in total. The van der Waals surface area contributed by atoms with Gasteiger partial charge in [-0.2, -0.15) is 0 Å². The number of carboxylic acid groups (broad SMARTS) is 1. The lowest BCUT2D eigenvalue weighted by molar-refractivity contribution is -0.142. The third-order valence-electron chi connectivity index (χ3n) is 8.25. The summed E-state index contributed by atoms with van der Waals surface area (Å²) in [6.45, 7) is 7.33. The highest BCUT2D eigenvalue weighted by molar-refractivity contribution is 5.96. The average molecular weight is 824 g/mol. The highest BCUT2D eigenvalue weighted by Crippen LogP contribution is 2.09. The van der Waals surface area contributed by atoms with Gasteiger partial charge in [0.15, 0.2) is 5.96 Å². The Kier molecular flexibility index (Phi) is 22.6. The Bertz CT molecular complexity index is 1550. The summed E-state index contributed by atoms with van der Waals surface area (Å²) < 4.78 is 0. The number of carbonyl (C=O) groups is 8. The molecule has 0 radical (unpaired) electrons. The molecule has 1 aromatic heterocycles. The second-order valence-electron chi connectivity index (χ2n) is 14.4. The molecular weight excluding hydrogens is 762 g/mol. The predicted octanol–water partition coefficient (Wildman–Crippen LogP) is -4.43. The summed E-state index contributed by atoms with van der Waals surface area (Å²) in [5.41, 5.74) is 16.4. The summed E-state index contributed by atoms with van der Waals surface area (Å²) in [4.78, 5) is 113. The number of aliphatic hydroxyl groups excluding tert-OH is 1. The van der Waals surface area contributed by atoms with Crippen LogP contribution in [-0.4, -0.2) is 136 Å². The minimum Gasteiger partial charge on any atom is -0.480 e. The molecule has 0 spiro atoms. The standard InChI is InChI=1S/C35H61N13O10/c1-18(2)11-23(47-32(55)25(13-21-14-39-17-42-21)48-33(56)26(16-49)45-27(50)8-9-36)30(53)41-15-28(51)44-24(12-19(3)4)31(54)43-20(5)29(52)46-22(34(57)58)7-6-10-40-35(37)38/h14,17-20,22-26,49H,6-13,15-16,36H2,1-5H3,(H,39,42)(H,41,53)(H,43,54)(H,44,51)(H,45,50)(H,46,52)(H,47,55)(H,48,56)(H,57,58)(H4,37,38,40)/t20-,22+,23+,24-,25-,26+/m1/s1. The maximum Gasteiger partial charge on any atom is 0.326 e. The van der Waals surface area contributed by atoms with E-state index >= 15 is 0 Å². The molecule has 23 heteroatoms. The number of nitrogens with one attached hydrogen (secondary N) is 8. The molecule has 1 aromatic rings. The van der Waals surface area contributed by atoms with Crippen LogP contribution < -0.4 is 54.4 Å². The Labute approximate surface area is 336 Å². The number of amides is 7. The first kappa shape index (κ1) is 50.2. The van der Waals surface area contributed by atoms with Gasteiger partial charge in [-0.25, -0.2) is 9.78 Å². The lowest BCUT2D eigenvalue weighted by atomic mass is 10.0. The van der Waals surface area contributed by atoms with E-state index in [1.54, 1.807) is 27.7 Å². The van der Waals surface area contributed by atoms with Crippen molar-refractivity contribution < 1.29 is 48.6 Å². The third kappa shape index (κ3) is 19.8. The van der Waals surface area contributed by atoms with Gasteiger partial charge in [-0.1, -0.05) is 27.7 Å². The van der Waals surface area contributed by atoms with Crippen LogP contribution >= 0.6 is 0 Å². The van der Waals surface area contributed by atoms with Crippen molar-refractivity contribution in [1.29, 1.82) is 0 Å². The van der Waals surface area contributed by atoms with Gasteiger partial charge < -0.3 is 69.6 Å². The van der Waals surface area contributed by atoms with Gasteiger partial charge in [0.25, 0.3) is 0 Å². The first-order valence-electron chi connectivity index (χ1n) is 18.9. The van der Waals surface area contributed by atoms with Crippen LogP contribution in [0.3, 0.4) is 0 Å². The first-order valence-corrected chi connectivity index (χ1v) is 18.9. The first-order chi connectivity index (χ1) is 27.3. The molecule has 0 bridgehead atoms. The van der Waals surface area contributed by atoms with E-state index in [2.05, 4.69) is 52.2 Å². The zero-order valence-electron chi connectivity index (χ0n) is 33.6. The molecule has 0 aliphatic heterocycles. The Morgan fingerprint density at radius 1 is 0.741 bits per heavy atom. The van der Waals surface area contributed by atoms with Gasteiger partial charge in [-0.15, -0.1) is 0 Å². The van der Waals surface area contributed by atoms with E-state index in [0.29, 0.717) is 5.69 Å². The van der Waals surface area contributed by atoms with Crippen molar-refractivity contribution in [2.75, 3.05) is 26.2 Å². The quantitative estimate of drug-likeness (QED) is 0.0226. The molecule has 6 atom stereocenters. The molecule has 0 saturated carbocycles. The maximum absolute atomic E-state index is 13.6. The Balaban J connectivity index is 3.00. The zero-order chi connectivity index (χ0) is 43.9. The van der Waals surface area contributed by atoms with E-state index in [9.17, 15) is 48.6 Å². The van der Waals surface area contributed by atoms with Crippen molar-refractivity contribution in [2.24, 2.45) is 34.0 Å². The number of hydrogen-bond acceptors (Lipinski definition) is 12. The number of nitrogens with zero attached hydrogens (tertiary/aromatic N) is 2. The SMILES string of the molecule is CC(C)C[C@H](NC(=O)[C@@H](Cc1cnc[nH]1)NC(=O)[C@H](CO)NC(=O)CCN)C(=O)NCC(=O)N[C@H](CC(C)C)C(=O)N[C@H](C)C(=O)N[C@@H](CCCN=C(N)N)C(=O)O. The second-order valence-corrected chi connectivity index (χ2v) is 14.4. The van der Waals surface area contributed by atoms with Gasteiger partial charge in [-0.3, -0.25) is 38.6 Å².